The molecule has 0 saturated heterocycles. The molecule has 0 spiro atoms. The Morgan fingerprint density at radius 3 is 0.400 bits per heavy atom. The van der Waals surface area contributed by atoms with Gasteiger partial charge < -0.3 is 52.2 Å². The molecule has 0 atom stereocenters. The van der Waals surface area contributed by atoms with Crippen molar-refractivity contribution in [1.82, 2.24) is 23.6 Å². The van der Waals surface area contributed by atoms with Crippen molar-refractivity contribution >= 4 is 94.2 Å². The Kier molecular flexibility index (Phi) is 118. The lowest BCUT2D eigenvalue weighted by molar-refractivity contribution is -0.00100. The van der Waals surface area contributed by atoms with E-state index in [2.05, 4.69) is 92.7 Å². The highest BCUT2D eigenvalue weighted by molar-refractivity contribution is 7.57. The van der Waals surface area contributed by atoms with E-state index in [4.69, 9.17) is 0 Å². The van der Waals surface area contributed by atoms with E-state index < -0.39 is 30.2 Å². The average Bonchev–Trinajstić information content (AvgIpc) is 2.56. The number of hydrogen-bond donors (Lipinski definition) is 10. The standard InChI is InChI=1S/5CH4N2OS.5FH/c5*2-1(4)3-5;;;;;/h5*5H,(H3,2,3,4);5*1H. The van der Waals surface area contributed by atoms with E-state index in [-0.39, 0.29) is 23.5 Å². The zero-order valence-corrected chi connectivity index (χ0v) is 19.3. The zero-order chi connectivity index (χ0) is 21.4. The fraction of sp³-hybridized carbons (Fsp3) is 0. The Morgan fingerprint density at radius 2 is 0.400 bits per heavy atom. The van der Waals surface area contributed by atoms with Gasteiger partial charge in [-0.25, -0.2) is 24.0 Å². The first-order valence-electron chi connectivity index (χ1n) is 4.96. The Bertz CT molecular complexity index is 325. The van der Waals surface area contributed by atoms with E-state index in [1.165, 1.54) is 0 Å². The topological polar surface area (TPSA) is 276 Å². The fourth-order valence-electron chi connectivity index (χ4n) is 0. The highest BCUT2D eigenvalue weighted by Gasteiger charge is 1.81. The lowest BCUT2D eigenvalue weighted by Crippen LogP contribution is -3.00. The van der Waals surface area contributed by atoms with Crippen LogP contribution in [0.2, 0.25) is 0 Å². The summed E-state index contributed by atoms with van der Waals surface area (Å²) in [5, 5.41) is 0. The van der Waals surface area contributed by atoms with Crippen molar-refractivity contribution < 1.29 is 47.5 Å². The summed E-state index contributed by atoms with van der Waals surface area (Å²) in [6.45, 7) is 0. The highest BCUT2D eigenvalue weighted by Crippen LogP contribution is 1.42. The predicted octanol–water partition coefficient (Wildman–Crippen LogP) is -22.1. The van der Waals surface area contributed by atoms with Gasteiger partial charge in [-0.1, -0.05) is 0 Å². The molecule has 0 aromatic heterocycles. The quantitative estimate of drug-likeness (QED) is 0.102. The summed E-state index contributed by atoms with van der Waals surface area (Å²) in [6.07, 6.45) is 0. The first-order chi connectivity index (χ1) is 11.4. The minimum atomic E-state index is -0.582. The third-order valence-electron chi connectivity index (χ3n) is 0.616. The molecule has 0 unspecified atom stereocenters. The number of hydrogen-bond acceptors (Lipinski definition) is 5. The first-order valence-corrected chi connectivity index (χ1v) is 7.46. The molecule has 10 amide bonds. The molecule has 0 fully saturated rings. The molecule has 0 aliphatic heterocycles. The third kappa shape index (κ3) is 263. The number of nitrogens with two attached hydrogens (primary N) is 5. The maximum atomic E-state index is 9.43. The van der Waals surface area contributed by atoms with Crippen LogP contribution >= 0.6 is 0 Å². The Morgan fingerprint density at radius 1 is 0.367 bits per heavy atom. The number of carbonyl (C=O) groups is 5. The monoisotopic (exact) mass is 560 g/mol. The van der Waals surface area contributed by atoms with Crippen LogP contribution in [0.1, 0.15) is 0 Å². The van der Waals surface area contributed by atoms with E-state index in [9.17, 15) is 24.0 Å². The second kappa shape index (κ2) is 56.3. The SMILES string of the molecule is NC(=O)N[SH2+].NC(=O)N[SH2+].NC(=O)N[SH2+].NC(=O)N[SH2+].NC(=O)N[SH2+].[F-].[F-].[F-].[F-].[F-]. The summed E-state index contributed by atoms with van der Waals surface area (Å²) in [7, 11) is 0. The van der Waals surface area contributed by atoms with E-state index in [1.54, 1.807) is 0 Å². The summed E-state index contributed by atoms with van der Waals surface area (Å²) in [4.78, 5) is 47.2. The van der Waals surface area contributed by atoms with Crippen molar-refractivity contribution in [3.63, 3.8) is 0 Å². The molecular formula is C5H25F5N10O5S5. The minimum absolute atomic E-state index is 0. The molecular weight excluding hydrogens is 535 g/mol. The van der Waals surface area contributed by atoms with Gasteiger partial charge in [0.05, 0.1) is 64.1 Å². The number of halogens is 5. The largest absolute Gasteiger partial charge is 1.00 e. The van der Waals surface area contributed by atoms with Crippen LogP contribution < -0.4 is 75.8 Å². The summed E-state index contributed by atoms with van der Waals surface area (Å²) in [5.41, 5.74) is 22.5. The molecule has 15 N–H and O–H groups in total. The summed E-state index contributed by atoms with van der Waals surface area (Å²) >= 11 is 13.2. The molecule has 30 heavy (non-hydrogen) atoms. The third-order valence-corrected chi connectivity index (χ3v) is 1.85. The second-order valence-corrected chi connectivity index (χ2v) is 3.70. The first kappa shape index (κ1) is 63.0. The Labute approximate surface area is 194 Å². The van der Waals surface area contributed by atoms with Gasteiger partial charge in [-0.15, -0.1) is 0 Å². The normalized spacial score (nSPS) is 5.50. The number of urea groups is 5. The van der Waals surface area contributed by atoms with Crippen LogP contribution in [0.15, 0.2) is 0 Å². The highest BCUT2D eigenvalue weighted by atomic mass is 32.1. The van der Waals surface area contributed by atoms with Gasteiger partial charge in [0, 0.05) is 0 Å². The van der Waals surface area contributed by atoms with Crippen LogP contribution in [-0.2, 0) is 64.1 Å². The van der Waals surface area contributed by atoms with Crippen LogP contribution in [-0.4, -0.2) is 30.2 Å². The van der Waals surface area contributed by atoms with Crippen LogP contribution in [0.4, 0.5) is 24.0 Å². The van der Waals surface area contributed by atoms with Crippen LogP contribution in [0.3, 0.4) is 0 Å². The van der Waals surface area contributed by atoms with Gasteiger partial charge in [0.15, 0.2) is 0 Å². The summed E-state index contributed by atoms with van der Waals surface area (Å²) in [5.74, 6) is 0. The number of rotatable bonds is 0. The summed E-state index contributed by atoms with van der Waals surface area (Å²) in [6, 6.07) is -2.91. The smallest absolute Gasteiger partial charge is 0.353 e. The van der Waals surface area contributed by atoms with E-state index in [0.29, 0.717) is 0 Å². The number of primary amides is 5. The molecule has 0 heterocycles. The Hall–Kier alpha value is -2.25. The molecule has 0 aromatic carbocycles. The van der Waals surface area contributed by atoms with Gasteiger partial charge in [-0.05, 0) is 0 Å². The molecule has 0 aliphatic rings. The lowest BCUT2D eigenvalue weighted by atomic mass is 11.2. The van der Waals surface area contributed by atoms with Crippen LogP contribution in [0, 0.1) is 0 Å². The molecule has 0 aliphatic carbocycles. The molecule has 15 nitrogen and oxygen atoms in total. The lowest BCUT2D eigenvalue weighted by Gasteiger charge is -1.72. The van der Waals surface area contributed by atoms with Crippen molar-refractivity contribution in [2.75, 3.05) is 0 Å². The Balaban J connectivity index is -0.0000000200. The predicted molar refractivity (Wildman–Crippen MR) is 114 cm³/mol. The number of nitrogens with one attached hydrogen (secondary N) is 5. The van der Waals surface area contributed by atoms with E-state index in [0.717, 1.165) is 0 Å². The van der Waals surface area contributed by atoms with Crippen molar-refractivity contribution in [3.05, 3.63) is 0 Å². The average molecular weight is 561 g/mol. The molecule has 0 radical (unpaired) electrons. The van der Waals surface area contributed by atoms with Crippen LogP contribution in [0.25, 0.3) is 0 Å². The van der Waals surface area contributed by atoms with Gasteiger partial charge in [-0.3, -0.25) is 0 Å². The molecule has 0 rings (SSSR count). The molecule has 190 valence electrons. The molecule has 0 saturated carbocycles. The van der Waals surface area contributed by atoms with Crippen LogP contribution in [0.5, 0.6) is 0 Å². The van der Waals surface area contributed by atoms with Gasteiger partial charge >= 0.3 is 30.2 Å². The maximum Gasteiger partial charge on any atom is 0.353 e. The maximum absolute atomic E-state index is 9.43. The summed E-state index contributed by atoms with van der Waals surface area (Å²) < 4.78 is 9.86. The zero-order valence-electron chi connectivity index (χ0n) is 14.3. The van der Waals surface area contributed by atoms with E-state index in [1.807, 2.05) is 23.6 Å². The van der Waals surface area contributed by atoms with Gasteiger partial charge in [0.25, 0.3) is 0 Å². The van der Waals surface area contributed by atoms with E-state index >= 15 is 0 Å². The number of amides is 10. The van der Waals surface area contributed by atoms with Gasteiger partial charge in [0.1, 0.15) is 0 Å². The van der Waals surface area contributed by atoms with Gasteiger partial charge in [0.2, 0.25) is 0 Å². The molecule has 0 bridgehead atoms. The minimum Gasteiger partial charge on any atom is -1.00 e. The van der Waals surface area contributed by atoms with Crippen molar-refractivity contribution in [2.45, 2.75) is 0 Å². The number of carbonyl (C=O) groups excluding carboxylic acids is 5. The second-order valence-electron chi connectivity index (χ2n) is 2.45. The fourth-order valence-corrected chi connectivity index (χ4v) is 0. The van der Waals surface area contributed by atoms with Gasteiger partial charge in [-0.2, -0.15) is 23.6 Å². The van der Waals surface area contributed by atoms with Crippen molar-refractivity contribution in [1.29, 1.82) is 0 Å². The van der Waals surface area contributed by atoms with Crippen molar-refractivity contribution in [2.24, 2.45) is 28.7 Å². The molecule has 25 heteroatoms. The molecule has 0 aromatic rings. The van der Waals surface area contributed by atoms with Crippen molar-refractivity contribution in [3.8, 4) is 0 Å².